The van der Waals surface area contributed by atoms with Gasteiger partial charge in [0.1, 0.15) is 0 Å². The smallest absolute Gasteiger partial charge is 0.0726 e. The van der Waals surface area contributed by atoms with E-state index in [9.17, 15) is 0 Å². The van der Waals surface area contributed by atoms with Crippen molar-refractivity contribution in [3.05, 3.63) is 35.9 Å². The van der Waals surface area contributed by atoms with Crippen molar-refractivity contribution in [2.24, 2.45) is 5.92 Å². The van der Waals surface area contributed by atoms with Crippen molar-refractivity contribution in [2.75, 3.05) is 13.2 Å². The van der Waals surface area contributed by atoms with E-state index in [0.29, 0.717) is 5.92 Å². The molecule has 1 aromatic carbocycles. The summed E-state index contributed by atoms with van der Waals surface area (Å²) in [6.07, 6.45) is 1.12. The van der Waals surface area contributed by atoms with Gasteiger partial charge in [-0.15, -0.1) is 0 Å². The molecular weight excluding hydrogens is 150 g/mol. The van der Waals surface area contributed by atoms with Crippen molar-refractivity contribution >= 4 is 0 Å². The first-order valence-corrected chi connectivity index (χ1v) is 4.34. The summed E-state index contributed by atoms with van der Waals surface area (Å²) in [4.78, 5) is 5.08. The maximum atomic E-state index is 5.08. The van der Waals surface area contributed by atoms with Crippen LogP contribution in [0, 0.1) is 5.92 Å². The molecule has 0 aliphatic carbocycles. The van der Waals surface area contributed by atoms with Gasteiger partial charge in [0, 0.05) is 12.5 Å². The molecule has 1 unspecified atom stereocenters. The molecule has 0 spiro atoms. The summed E-state index contributed by atoms with van der Waals surface area (Å²) >= 11 is 0. The molecular formula is C10H13NO. The second kappa shape index (κ2) is 3.70. The van der Waals surface area contributed by atoms with Gasteiger partial charge in [-0.05, 0) is 12.0 Å². The summed E-state index contributed by atoms with van der Waals surface area (Å²) in [7, 11) is 0. The summed E-state index contributed by atoms with van der Waals surface area (Å²) in [6.45, 7) is 1.82. The van der Waals surface area contributed by atoms with E-state index in [0.717, 1.165) is 19.6 Å². The third kappa shape index (κ3) is 1.84. The van der Waals surface area contributed by atoms with E-state index in [1.807, 2.05) is 6.07 Å². The third-order valence-electron chi connectivity index (χ3n) is 2.16. The first-order valence-electron chi connectivity index (χ1n) is 4.34. The molecule has 1 atom stereocenters. The quantitative estimate of drug-likeness (QED) is 0.711. The molecule has 1 aliphatic rings. The molecule has 0 radical (unpaired) electrons. The van der Waals surface area contributed by atoms with Gasteiger partial charge >= 0.3 is 0 Å². The van der Waals surface area contributed by atoms with E-state index in [1.165, 1.54) is 5.56 Å². The predicted molar refractivity (Wildman–Crippen MR) is 47.6 cm³/mol. The molecule has 1 aromatic rings. The molecule has 1 saturated heterocycles. The molecule has 0 bridgehead atoms. The Bertz CT molecular complexity index is 229. The van der Waals surface area contributed by atoms with Crippen LogP contribution in [0.5, 0.6) is 0 Å². The van der Waals surface area contributed by atoms with E-state index < -0.39 is 0 Å². The summed E-state index contributed by atoms with van der Waals surface area (Å²) < 4.78 is 0. The Balaban J connectivity index is 1.94. The zero-order chi connectivity index (χ0) is 8.23. The number of hydroxylamine groups is 1. The van der Waals surface area contributed by atoms with Crippen LogP contribution in [0.2, 0.25) is 0 Å². The van der Waals surface area contributed by atoms with Crippen LogP contribution < -0.4 is 5.48 Å². The van der Waals surface area contributed by atoms with Crippen molar-refractivity contribution in [1.82, 2.24) is 5.48 Å². The topological polar surface area (TPSA) is 21.3 Å². The van der Waals surface area contributed by atoms with Crippen molar-refractivity contribution in [2.45, 2.75) is 6.42 Å². The van der Waals surface area contributed by atoms with Gasteiger partial charge < -0.3 is 4.84 Å². The summed E-state index contributed by atoms with van der Waals surface area (Å²) in [5.74, 6) is 0.646. The van der Waals surface area contributed by atoms with Gasteiger partial charge in [0.05, 0.1) is 6.61 Å². The van der Waals surface area contributed by atoms with Gasteiger partial charge in [-0.3, -0.25) is 0 Å². The van der Waals surface area contributed by atoms with Crippen LogP contribution in [-0.2, 0) is 11.3 Å². The lowest BCUT2D eigenvalue weighted by atomic mass is 10.0. The van der Waals surface area contributed by atoms with Crippen LogP contribution in [-0.4, -0.2) is 13.2 Å². The van der Waals surface area contributed by atoms with Gasteiger partial charge in [-0.1, -0.05) is 30.3 Å². The largest absolute Gasteiger partial charge is 0.301 e. The molecule has 1 aliphatic heterocycles. The van der Waals surface area contributed by atoms with Crippen LogP contribution in [0.4, 0.5) is 0 Å². The lowest BCUT2D eigenvalue weighted by Gasteiger charge is -2.05. The lowest BCUT2D eigenvalue weighted by molar-refractivity contribution is 0.0971. The van der Waals surface area contributed by atoms with Crippen LogP contribution in [0.25, 0.3) is 0 Å². The molecule has 0 saturated carbocycles. The van der Waals surface area contributed by atoms with Gasteiger partial charge in [0.2, 0.25) is 0 Å². The average Bonchev–Trinajstić information content (AvgIpc) is 2.59. The van der Waals surface area contributed by atoms with Gasteiger partial charge in [-0.25, -0.2) is 5.48 Å². The van der Waals surface area contributed by atoms with E-state index in [2.05, 4.69) is 29.7 Å². The monoisotopic (exact) mass is 163 g/mol. The van der Waals surface area contributed by atoms with E-state index in [4.69, 9.17) is 4.84 Å². The highest BCUT2D eigenvalue weighted by Gasteiger charge is 2.15. The second-order valence-corrected chi connectivity index (χ2v) is 3.22. The first kappa shape index (κ1) is 7.77. The standard InChI is InChI=1S/C10H13NO/c1-2-4-9(5-3-1)6-10-7-11-12-8-10/h1-5,10-11H,6-8H2. The lowest BCUT2D eigenvalue weighted by Crippen LogP contribution is -2.10. The Morgan fingerprint density at radius 1 is 1.33 bits per heavy atom. The number of nitrogens with one attached hydrogen (secondary N) is 1. The van der Waals surface area contributed by atoms with Crippen LogP contribution in [0.3, 0.4) is 0 Å². The Kier molecular flexibility index (Phi) is 2.39. The van der Waals surface area contributed by atoms with Gasteiger partial charge in [-0.2, -0.15) is 0 Å². The second-order valence-electron chi connectivity index (χ2n) is 3.22. The van der Waals surface area contributed by atoms with Crippen molar-refractivity contribution in [3.8, 4) is 0 Å². The highest BCUT2D eigenvalue weighted by Crippen LogP contribution is 2.11. The molecule has 2 nitrogen and oxygen atoms in total. The number of hydrogen-bond acceptors (Lipinski definition) is 2. The predicted octanol–water partition coefficient (Wildman–Crippen LogP) is 1.38. The minimum atomic E-state index is 0.646. The Hall–Kier alpha value is -0.860. The Labute approximate surface area is 72.5 Å². The third-order valence-corrected chi connectivity index (χ3v) is 2.16. The minimum absolute atomic E-state index is 0.646. The molecule has 0 aromatic heterocycles. The number of hydrogen-bond donors (Lipinski definition) is 1. The van der Waals surface area contributed by atoms with E-state index in [1.54, 1.807) is 0 Å². The van der Waals surface area contributed by atoms with Crippen molar-refractivity contribution < 1.29 is 4.84 Å². The van der Waals surface area contributed by atoms with E-state index in [-0.39, 0.29) is 0 Å². The molecule has 2 heteroatoms. The molecule has 0 amide bonds. The molecule has 12 heavy (non-hydrogen) atoms. The fraction of sp³-hybridized carbons (Fsp3) is 0.400. The van der Waals surface area contributed by atoms with Gasteiger partial charge in [0.15, 0.2) is 0 Å². The summed E-state index contributed by atoms with van der Waals surface area (Å²) in [5, 5.41) is 0. The Morgan fingerprint density at radius 2 is 2.17 bits per heavy atom. The fourth-order valence-electron chi connectivity index (χ4n) is 1.49. The molecule has 64 valence electrons. The molecule has 1 fully saturated rings. The normalized spacial score (nSPS) is 22.8. The number of benzene rings is 1. The molecule has 2 rings (SSSR count). The van der Waals surface area contributed by atoms with Crippen molar-refractivity contribution in [3.63, 3.8) is 0 Å². The van der Waals surface area contributed by atoms with Crippen molar-refractivity contribution in [1.29, 1.82) is 0 Å². The highest BCUT2D eigenvalue weighted by atomic mass is 16.7. The molecule has 1 heterocycles. The summed E-state index contributed by atoms with van der Waals surface area (Å²) in [5.41, 5.74) is 4.29. The molecule has 1 N–H and O–H groups in total. The summed E-state index contributed by atoms with van der Waals surface area (Å²) in [6, 6.07) is 10.5. The van der Waals surface area contributed by atoms with Gasteiger partial charge in [0.25, 0.3) is 0 Å². The fourth-order valence-corrected chi connectivity index (χ4v) is 1.49. The highest BCUT2D eigenvalue weighted by molar-refractivity contribution is 5.15. The van der Waals surface area contributed by atoms with Crippen LogP contribution in [0.1, 0.15) is 5.56 Å². The van der Waals surface area contributed by atoms with Crippen LogP contribution >= 0.6 is 0 Å². The van der Waals surface area contributed by atoms with Crippen LogP contribution in [0.15, 0.2) is 30.3 Å². The zero-order valence-corrected chi connectivity index (χ0v) is 6.99. The Morgan fingerprint density at radius 3 is 2.83 bits per heavy atom. The first-order chi connectivity index (χ1) is 5.95. The maximum absolute atomic E-state index is 5.08. The SMILES string of the molecule is c1ccc(CC2CNOC2)cc1. The minimum Gasteiger partial charge on any atom is -0.301 e. The average molecular weight is 163 g/mol. The zero-order valence-electron chi connectivity index (χ0n) is 6.99. The number of rotatable bonds is 2. The maximum Gasteiger partial charge on any atom is 0.0726 e. The van der Waals surface area contributed by atoms with E-state index >= 15 is 0 Å².